The highest BCUT2D eigenvalue weighted by Gasteiger charge is 2.23. The number of rotatable bonds is 6. The fourth-order valence-electron chi connectivity index (χ4n) is 1.42. The lowest BCUT2D eigenvalue weighted by Crippen LogP contribution is -2.13. The predicted octanol–water partition coefficient (Wildman–Crippen LogP) is 1.07. The number of hydrogen-bond acceptors (Lipinski definition) is 8. The van der Waals surface area contributed by atoms with Crippen LogP contribution in [-0.2, 0) is 25.6 Å². The molecule has 20 heavy (non-hydrogen) atoms. The SMILES string of the molecule is CCOC(=O)c1sc(N)c(C#N)c1COC(=O)COC. The highest BCUT2D eigenvalue weighted by atomic mass is 32.1. The molecule has 1 aromatic heterocycles. The molecule has 8 heteroatoms. The molecular formula is C12H14N2O5S. The van der Waals surface area contributed by atoms with E-state index in [9.17, 15) is 9.59 Å². The van der Waals surface area contributed by atoms with E-state index < -0.39 is 11.9 Å². The molecule has 0 saturated heterocycles. The largest absolute Gasteiger partial charge is 0.462 e. The number of ether oxygens (including phenoxy) is 3. The van der Waals surface area contributed by atoms with Crippen LogP contribution in [0.5, 0.6) is 0 Å². The highest BCUT2D eigenvalue weighted by molar-refractivity contribution is 7.18. The lowest BCUT2D eigenvalue weighted by molar-refractivity contribution is -0.149. The number of nitrogens with zero attached hydrogens (tertiary/aromatic N) is 1. The minimum atomic E-state index is -0.601. The number of carbonyl (C=O) groups is 2. The van der Waals surface area contributed by atoms with Crippen molar-refractivity contribution in [2.75, 3.05) is 26.1 Å². The number of carbonyl (C=O) groups excluding carboxylic acids is 2. The Balaban J connectivity index is 2.99. The number of thiophene rings is 1. The molecule has 1 heterocycles. The van der Waals surface area contributed by atoms with Crippen LogP contribution in [0.25, 0.3) is 0 Å². The van der Waals surface area contributed by atoms with Crippen LogP contribution in [0.1, 0.15) is 27.7 Å². The first kappa shape index (κ1) is 15.9. The number of anilines is 1. The van der Waals surface area contributed by atoms with E-state index in [4.69, 9.17) is 20.5 Å². The quantitative estimate of drug-likeness (QED) is 0.782. The maximum atomic E-state index is 11.8. The van der Waals surface area contributed by atoms with E-state index in [1.807, 2.05) is 6.07 Å². The summed E-state index contributed by atoms with van der Waals surface area (Å²) in [5.41, 5.74) is 6.06. The van der Waals surface area contributed by atoms with Crippen molar-refractivity contribution in [2.24, 2.45) is 0 Å². The van der Waals surface area contributed by atoms with E-state index in [2.05, 4.69) is 4.74 Å². The summed E-state index contributed by atoms with van der Waals surface area (Å²) < 4.78 is 14.4. The van der Waals surface area contributed by atoms with Gasteiger partial charge in [0, 0.05) is 12.7 Å². The summed E-state index contributed by atoms with van der Waals surface area (Å²) in [6.07, 6.45) is 0. The van der Waals surface area contributed by atoms with Crippen molar-refractivity contribution in [1.82, 2.24) is 0 Å². The molecule has 2 N–H and O–H groups in total. The summed E-state index contributed by atoms with van der Waals surface area (Å²) in [5, 5.41) is 9.24. The van der Waals surface area contributed by atoms with Gasteiger partial charge in [0.15, 0.2) is 0 Å². The Morgan fingerprint density at radius 3 is 2.65 bits per heavy atom. The predicted molar refractivity (Wildman–Crippen MR) is 71.1 cm³/mol. The first-order valence-corrected chi connectivity index (χ1v) is 6.49. The Morgan fingerprint density at radius 2 is 2.10 bits per heavy atom. The van der Waals surface area contributed by atoms with Gasteiger partial charge < -0.3 is 19.9 Å². The van der Waals surface area contributed by atoms with E-state index >= 15 is 0 Å². The Hall–Kier alpha value is -2.11. The number of hydrogen-bond donors (Lipinski definition) is 1. The summed E-state index contributed by atoms with van der Waals surface area (Å²) in [5.74, 6) is -1.19. The highest BCUT2D eigenvalue weighted by Crippen LogP contribution is 2.31. The van der Waals surface area contributed by atoms with Crippen LogP contribution in [0.3, 0.4) is 0 Å². The van der Waals surface area contributed by atoms with Crippen molar-refractivity contribution in [1.29, 1.82) is 5.26 Å². The first-order valence-electron chi connectivity index (χ1n) is 5.68. The van der Waals surface area contributed by atoms with Crippen LogP contribution in [-0.4, -0.2) is 32.3 Å². The van der Waals surface area contributed by atoms with E-state index in [-0.39, 0.29) is 40.8 Å². The van der Waals surface area contributed by atoms with Crippen molar-refractivity contribution < 1.29 is 23.8 Å². The Morgan fingerprint density at radius 1 is 1.40 bits per heavy atom. The van der Waals surface area contributed by atoms with Gasteiger partial charge in [0.25, 0.3) is 0 Å². The van der Waals surface area contributed by atoms with Gasteiger partial charge in [-0.15, -0.1) is 11.3 Å². The van der Waals surface area contributed by atoms with Crippen molar-refractivity contribution in [3.8, 4) is 6.07 Å². The molecule has 0 atom stereocenters. The normalized spacial score (nSPS) is 9.85. The van der Waals surface area contributed by atoms with Gasteiger partial charge in [-0.05, 0) is 6.92 Å². The second kappa shape index (κ2) is 7.47. The summed E-state index contributed by atoms with van der Waals surface area (Å²) in [4.78, 5) is 23.2. The Labute approximate surface area is 119 Å². The zero-order chi connectivity index (χ0) is 15.1. The van der Waals surface area contributed by atoms with Crippen LogP contribution < -0.4 is 5.73 Å². The van der Waals surface area contributed by atoms with Crippen LogP contribution >= 0.6 is 11.3 Å². The van der Waals surface area contributed by atoms with Gasteiger partial charge in [0.05, 0.1) is 12.2 Å². The van der Waals surface area contributed by atoms with E-state index in [1.54, 1.807) is 6.92 Å². The lowest BCUT2D eigenvalue weighted by atomic mass is 10.1. The van der Waals surface area contributed by atoms with E-state index in [0.717, 1.165) is 11.3 Å². The molecule has 1 aromatic rings. The molecule has 0 aliphatic heterocycles. The van der Waals surface area contributed by atoms with Gasteiger partial charge in [-0.2, -0.15) is 5.26 Å². The van der Waals surface area contributed by atoms with Gasteiger partial charge in [-0.1, -0.05) is 0 Å². The summed E-state index contributed by atoms with van der Waals surface area (Å²) in [7, 11) is 1.36. The number of nitriles is 1. The van der Waals surface area contributed by atoms with Crippen LogP contribution in [0, 0.1) is 11.3 Å². The molecule has 0 aliphatic rings. The Kier molecular flexibility index (Phi) is 5.96. The number of nitrogen functional groups attached to an aromatic ring is 1. The molecule has 0 bridgehead atoms. The van der Waals surface area contributed by atoms with Crippen molar-refractivity contribution >= 4 is 28.3 Å². The number of nitrogens with two attached hydrogens (primary N) is 1. The minimum absolute atomic E-state index is 0.128. The molecule has 1 rings (SSSR count). The molecule has 7 nitrogen and oxygen atoms in total. The summed E-state index contributed by atoms with van der Waals surface area (Å²) in [6.45, 7) is 1.42. The summed E-state index contributed by atoms with van der Waals surface area (Å²) >= 11 is 0.937. The second-order valence-corrected chi connectivity index (χ2v) is 4.63. The third-order valence-electron chi connectivity index (χ3n) is 2.25. The van der Waals surface area contributed by atoms with Gasteiger partial charge in [0.2, 0.25) is 0 Å². The van der Waals surface area contributed by atoms with Gasteiger partial charge in [-0.25, -0.2) is 9.59 Å². The molecular weight excluding hydrogens is 284 g/mol. The molecule has 0 spiro atoms. The van der Waals surface area contributed by atoms with Gasteiger partial charge >= 0.3 is 11.9 Å². The van der Waals surface area contributed by atoms with E-state index in [0.29, 0.717) is 0 Å². The van der Waals surface area contributed by atoms with Gasteiger partial charge in [-0.3, -0.25) is 0 Å². The topological polar surface area (TPSA) is 112 Å². The minimum Gasteiger partial charge on any atom is -0.462 e. The molecule has 0 unspecified atom stereocenters. The monoisotopic (exact) mass is 298 g/mol. The molecule has 0 aliphatic carbocycles. The fourth-order valence-corrected chi connectivity index (χ4v) is 2.34. The van der Waals surface area contributed by atoms with Crippen molar-refractivity contribution in [3.05, 3.63) is 16.0 Å². The molecule has 0 aromatic carbocycles. The average Bonchev–Trinajstić information content (AvgIpc) is 2.73. The average molecular weight is 298 g/mol. The van der Waals surface area contributed by atoms with Crippen LogP contribution in [0.15, 0.2) is 0 Å². The van der Waals surface area contributed by atoms with E-state index in [1.165, 1.54) is 7.11 Å². The molecule has 108 valence electrons. The molecule has 0 fully saturated rings. The number of methoxy groups -OCH3 is 1. The molecule has 0 saturated carbocycles. The summed E-state index contributed by atoms with van der Waals surface area (Å²) in [6, 6.07) is 1.89. The fraction of sp³-hybridized carbons (Fsp3) is 0.417. The van der Waals surface area contributed by atoms with Gasteiger partial charge in [0.1, 0.15) is 29.2 Å². The van der Waals surface area contributed by atoms with Crippen molar-refractivity contribution in [3.63, 3.8) is 0 Å². The Bertz CT molecular complexity index is 547. The lowest BCUT2D eigenvalue weighted by Gasteiger charge is -2.06. The third kappa shape index (κ3) is 3.69. The maximum absolute atomic E-state index is 11.8. The second-order valence-electron chi connectivity index (χ2n) is 3.57. The third-order valence-corrected chi connectivity index (χ3v) is 3.29. The standard InChI is InChI=1S/C12H14N2O5S/c1-3-18-12(16)10-8(5-19-9(15)6-17-2)7(4-13)11(14)20-10/h3,5-6,14H2,1-2H3. The molecule has 0 radical (unpaired) electrons. The zero-order valence-corrected chi connectivity index (χ0v) is 11.9. The van der Waals surface area contributed by atoms with Crippen LogP contribution in [0.4, 0.5) is 5.00 Å². The number of esters is 2. The van der Waals surface area contributed by atoms with Crippen molar-refractivity contribution in [2.45, 2.75) is 13.5 Å². The first-order chi connectivity index (χ1) is 9.54. The van der Waals surface area contributed by atoms with Crippen LogP contribution in [0.2, 0.25) is 0 Å². The smallest absolute Gasteiger partial charge is 0.348 e. The maximum Gasteiger partial charge on any atom is 0.348 e. The zero-order valence-electron chi connectivity index (χ0n) is 11.1. The molecule has 0 amide bonds.